The Bertz CT molecular complexity index is 1300. The van der Waals surface area contributed by atoms with E-state index in [0.717, 1.165) is 43.5 Å². The monoisotopic (exact) mass is 519 g/mol. The molecule has 2 saturated heterocycles. The van der Waals surface area contributed by atoms with Crippen LogP contribution in [0.3, 0.4) is 0 Å². The zero-order valence-electron chi connectivity index (χ0n) is 22.1. The van der Waals surface area contributed by atoms with E-state index < -0.39 is 0 Å². The largest absolute Gasteiger partial charge is 0.476 e. The van der Waals surface area contributed by atoms with Crippen LogP contribution in [-0.2, 0) is 4.79 Å². The number of H-pyrrole nitrogens is 1. The summed E-state index contributed by atoms with van der Waals surface area (Å²) in [6, 6.07) is 11.1. The number of aromatic nitrogens is 3. The fourth-order valence-electron chi connectivity index (χ4n) is 5.39. The number of carbonyl (C=O) groups excluding carboxylic acids is 2. The molecule has 0 bridgehead atoms. The molecule has 10 heteroatoms. The predicted molar refractivity (Wildman–Crippen MR) is 145 cm³/mol. The summed E-state index contributed by atoms with van der Waals surface area (Å²) in [6.45, 7) is 5.37. The third kappa shape index (κ3) is 6.14. The van der Waals surface area contributed by atoms with Gasteiger partial charge >= 0.3 is 0 Å². The van der Waals surface area contributed by atoms with Crippen molar-refractivity contribution >= 4 is 22.8 Å². The summed E-state index contributed by atoms with van der Waals surface area (Å²) >= 11 is 0. The lowest BCUT2D eigenvalue weighted by atomic mass is 10.0. The summed E-state index contributed by atoms with van der Waals surface area (Å²) in [5.74, 6) is 0.357. The summed E-state index contributed by atoms with van der Waals surface area (Å²) < 4.78 is 8.15. The van der Waals surface area contributed by atoms with Gasteiger partial charge < -0.3 is 24.5 Å². The van der Waals surface area contributed by atoms with Crippen LogP contribution in [0, 0.1) is 0 Å². The fourth-order valence-corrected chi connectivity index (χ4v) is 5.39. The highest BCUT2D eigenvalue weighted by molar-refractivity contribution is 5.94. The molecule has 2 N–H and O–H groups in total. The van der Waals surface area contributed by atoms with Gasteiger partial charge in [-0.1, -0.05) is 24.6 Å². The van der Waals surface area contributed by atoms with Crippen molar-refractivity contribution < 1.29 is 14.3 Å². The number of likely N-dealkylation sites (tertiary alicyclic amines) is 2. The molecule has 2 aliphatic heterocycles. The minimum atomic E-state index is -0.307. The molecule has 5 rings (SSSR count). The topological polar surface area (TPSA) is 108 Å². The number of ether oxygens (including phenoxy) is 1. The third-order valence-electron chi connectivity index (χ3n) is 7.44. The molecule has 1 aromatic carbocycles. The lowest BCUT2D eigenvalue weighted by Gasteiger charge is -2.33. The van der Waals surface area contributed by atoms with Crippen LogP contribution in [0.5, 0.6) is 5.88 Å². The highest BCUT2D eigenvalue weighted by Gasteiger charge is 2.26. The summed E-state index contributed by atoms with van der Waals surface area (Å²) in [5, 5.41) is 2.94. The number of fused-ring (bicyclic) bond motifs is 1. The maximum absolute atomic E-state index is 13.0. The number of hydrogen-bond acceptors (Lipinski definition) is 6. The number of nitrogens with one attached hydrogen (secondary N) is 2. The number of likely N-dealkylation sites (N-methyl/N-ethyl adjacent to an activating group) is 1. The molecule has 2 aromatic heterocycles. The molecular weight excluding hydrogens is 482 g/mol. The minimum absolute atomic E-state index is 0.0771. The molecule has 10 nitrogen and oxygen atoms in total. The number of rotatable bonds is 8. The van der Waals surface area contributed by atoms with E-state index in [1.165, 1.54) is 19.3 Å². The van der Waals surface area contributed by atoms with Crippen LogP contribution in [-0.4, -0.2) is 89.1 Å². The Balaban J connectivity index is 1.41. The van der Waals surface area contributed by atoms with Crippen molar-refractivity contribution in [3.8, 4) is 5.88 Å². The minimum Gasteiger partial charge on any atom is -0.476 e. The molecule has 0 aliphatic carbocycles. The Hall–Kier alpha value is -3.50. The maximum atomic E-state index is 13.0. The summed E-state index contributed by atoms with van der Waals surface area (Å²) in [7, 11) is 1.78. The molecule has 0 atom stereocenters. The Kier molecular flexibility index (Phi) is 8.50. The van der Waals surface area contributed by atoms with Crippen molar-refractivity contribution in [3.63, 3.8) is 0 Å². The second-order valence-electron chi connectivity index (χ2n) is 10.0. The molecule has 0 saturated carbocycles. The van der Waals surface area contributed by atoms with E-state index in [-0.39, 0.29) is 17.9 Å². The highest BCUT2D eigenvalue weighted by atomic mass is 16.5. The SMILES string of the molecule is CNCC(=O)N1CCC(n2/c(=N/C(=O)c3ccccc3)[nH]c3cnc(OCCN4CCCCC4)cc32)CC1. The molecule has 4 heterocycles. The van der Waals surface area contributed by atoms with E-state index in [0.29, 0.717) is 43.3 Å². The van der Waals surface area contributed by atoms with Gasteiger partial charge in [0.15, 0.2) is 0 Å². The van der Waals surface area contributed by atoms with Gasteiger partial charge in [0.25, 0.3) is 5.91 Å². The summed E-state index contributed by atoms with van der Waals surface area (Å²) in [4.78, 5) is 42.0. The van der Waals surface area contributed by atoms with E-state index in [9.17, 15) is 9.59 Å². The fraction of sp³-hybridized carbons (Fsp3) is 0.500. The van der Waals surface area contributed by atoms with Crippen molar-refractivity contribution in [1.82, 2.24) is 29.7 Å². The molecule has 202 valence electrons. The molecule has 0 spiro atoms. The van der Waals surface area contributed by atoms with Crippen molar-refractivity contribution in [3.05, 3.63) is 53.8 Å². The lowest BCUT2D eigenvalue weighted by Crippen LogP contribution is -2.43. The lowest BCUT2D eigenvalue weighted by molar-refractivity contribution is -0.131. The van der Waals surface area contributed by atoms with Crippen molar-refractivity contribution in [2.24, 2.45) is 4.99 Å². The van der Waals surface area contributed by atoms with Gasteiger partial charge in [-0.15, -0.1) is 0 Å². The Labute approximate surface area is 222 Å². The first-order valence-corrected chi connectivity index (χ1v) is 13.6. The zero-order chi connectivity index (χ0) is 26.3. The Morgan fingerprint density at radius 1 is 1.11 bits per heavy atom. The van der Waals surface area contributed by atoms with Gasteiger partial charge in [-0.25, -0.2) is 4.98 Å². The van der Waals surface area contributed by atoms with Gasteiger partial charge in [0.05, 0.1) is 23.8 Å². The second-order valence-corrected chi connectivity index (χ2v) is 10.0. The first-order valence-electron chi connectivity index (χ1n) is 13.6. The van der Waals surface area contributed by atoms with Gasteiger partial charge in [-0.05, 0) is 58.0 Å². The smallest absolute Gasteiger partial charge is 0.280 e. The molecule has 2 amide bonds. The van der Waals surface area contributed by atoms with Gasteiger partial charge in [0.1, 0.15) is 6.61 Å². The number of nitrogens with zero attached hydrogens (tertiary/aromatic N) is 5. The standard InChI is InChI=1S/C28H37N7O3/c1-29-20-26(36)34-14-10-22(11-15-34)35-24-18-25(38-17-16-33-12-6-3-7-13-33)30-19-23(24)31-28(35)32-27(37)21-8-4-2-5-9-21/h2,4-5,8-9,18-19,22,29H,3,6-7,10-17,20H2,1H3,(H,31,32,37). The number of pyridine rings is 1. The molecule has 3 aromatic rings. The van der Waals surface area contributed by atoms with E-state index in [2.05, 4.69) is 29.7 Å². The number of carbonyl (C=O) groups is 2. The van der Waals surface area contributed by atoms with Crippen molar-refractivity contribution in [1.29, 1.82) is 0 Å². The molecule has 2 fully saturated rings. The highest BCUT2D eigenvalue weighted by Crippen LogP contribution is 2.26. The number of hydrogen-bond donors (Lipinski definition) is 2. The number of benzene rings is 1. The normalized spacial score (nSPS) is 17.7. The van der Waals surface area contributed by atoms with E-state index >= 15 is 0 Å². The van der Waals surface area contributed by atoms with Crippen LogP contribution in [0.1, 0.15) is 48.5 Å². The van der Waals surface area contributed by atoms with Crippen LogP contribution < -0.4 is 15.7 Å². The van der Waals surface area contributed by atoms with Crippen LogP contribution >= 0.6 is 0 Å². The van der Waals surface area contributed by atoms with Crippen molar-refractivity contribution in [2.45, 2.75) is 38.1 Å². The predicted octanol–water partition coefficient (Wildman–Crippen LogP) is 2.35. The summed E-state index contributed by atoms with van der Waals surface area (Å²) in [5.41, 5.74) is 2.71. The van der Waals surface area contributed by atoms with E-state index in [4.69, 9.17) is 4.74 Å². The van der Waals surface area contributed by atoms with Crippen molar-refractivity contribution in [2.75, 3.05) is 52.9 Å². The van der Waals surface area contributed by atoms with Gasteiger partial charge in [0.2, 0.25) is 17.4 Å². The number of aromatic amines is 1. The Morgan fingerprint density at radius 3 is 2.61 bits per heavy atom. The zero-order valence-corrected chi connectivity index (χ0v) is 22.1. The van der Waals surface area contributed by atoms with Crippen LogP contribution in [0.25, 0.3) is 11.0 Å². The van der Waals surface area contributed by atoms with Gasteiger partial charge in [0, 0.05) is 37.3 Å². The molecule has 38 heavy (non-hydrogen) atoms. The first kappa shape index (κ1) is 26.1. The molecule has 2 aliphatic rings. The molecule has 0 unspecified atom stereocenters. The van der Waals surface area contributed by atoms with E-state index in [1.807, 2.05) is 29.2 Å². The van der Waals surface area contributed by atoms with Crippen LogP contribution in [0.15, 0.2) is 47.6 Å². The van der Waals surface area contributed by atoms with Gasteiger partial charge in [-0.2, -0.15) is 4.99 Å². The number of amides is 2. The van der Waals surface area contributed by atoms with E-state index in [1.54, 1.807) is 25.4 Å². The number of imidazole rings is 1. The molecule has 0 radical (unpaired) electrons. The third-order valence-corrected chi connectivity index (χ3v) is 7.44. The molecular formula is C28H37N7O3. The average molecular weight is 520 g/mol. The van der Waals surface area contributed by atoms with Crippen LogP contribution in [0.4, 0.5) is 0 Å². The Morgan fingerprint density at radius 2 is 1.87 bits per heavy atom. The second kappa shape index (κ2) is 12.4. The van der Waals surface area contributed by atoms with Gasteiger partial charge in [-0.3, -0.25) is 14.5 Å². The quantitative estimate of drug-likeness (QED) is 0.473. The van der Waals surface area contributed by atoms with Crippen LogP contribution in [0.2, 0.25) is 0 Å². The first-order chi connectivity index (χ1) is 18.6. The number of piperidine rings is 2. The maximum Gasteiger partial charge on any atom is 0.280 e. The average Bonchev–Trinajstić information content (AvgIpc) is 3.31. The summed E-state index contributed by atoms with van der Waals surface area (Å²) in [6.07, 6.45) is 7.10.